The number of nitrogens with one attached hydrogen (secondary N) is 2. The largest absolute Gasteiger partial charge is 0.387 e. The number of pyridine rings is 1. The van der Waals surface area contributed by atoms with Gasteiger partial charge in [0.1, 0.15) is 5.15 Å². The van der Waals surface area contributed by atoms with Gasteiger partial charge in [0.25, 0.3) is 0 Å². The Morgan fingerprint density at radius 3 is 2.88 bits per heavy atom. The summed E-state index contributed by atoms with van der Waals surface area (Å²) >= 11 is 7.59. The third-order valence-electron chi connectivity index (χ3n) is 3.83. The second-order valence-corrected chi connectivity index (χ2v) is 7.11. The molecule has 0 radical (unpaired) electrons. The third-order valence-corrected chi connectivity index (χ3v) is 5.11. The minimum Gasteiger partial charge on any atom is -0.387 e. The summed E-state index contributed by atoms with van der Waals surface area (Å²) < 4.78 is 0. The molecule has 0 aliphatic rings. The summed E-state index contributed by atoms with van der Waals surface area (Å²) in [6.07, 6.45) is 1.46. The van der Waals surface area contributed by atoms with Crippen molar-refractivity contribution in [3.63, 3.8) is 0 Å². The smallest absolute Gasteiger partial charge is 0.319 e. The van der Waals surface area contributed by atoms with Gasteiger partial charge in [-0.05, 0) is 36.9 Å². The van der Waals surface area contributed by atoms with Gasteiger partial charge in [-0.25, -0.2) is 9.78 Å². The first-order valence-electron chi connectivity index (χ1n) is 7.87. The lowest BCUT2D eigenvalue weighted by Gasteiger charge is -2.18. The highest BCUT2D eigenvalue weighted by atomic mass is 35.5. The fourth-order valence-electron chi connectivity index (χ4n) is 2.65. The van der Waals surface area contributed by atoms with Gasteiger partial charge < -0.3 is 15.7 Å². The molecule has 0 saturated heterocycles. The number of carbonyl (C=O) groups excluding carboxylic acids is 1. The van der Waals surface area contributed by atoms with Gasteiger partial charge in [-0.3, -0.25) is 0 Å². The molecule has 7 heteroatoms. The number of nitrogens with zero attached hydrogens (tertiary/aromatic N) is 1. The van der Waals surface area contributed by atoms with Crippen LogP contribution in [0.2, 0.25) is 5.15 Å². The van der Waals surface area contributed by atoms with Crippen molar-refractivity contribution < 1.29 is 9.90 Å². The van der Waals surface area contributed by atoms with Gasteiger partial charge in [0.2, 0.25) is 0 Å². The molecule has 5 nitrogen and oxygen atoms in total. The van der Waals surface area contributed by atoms with Crippen LogP contribution in [-0.4, -0.2) is 22.2 Å². The second kappa shape index (κ2) is 7.82. The van der Waals surface area contributed by atoms with Gasteiger partial charge in [0, 0.05) is 27.9 Å². The Bertz CT molecular complexity index is 870. The van der Waals surface area contributed by atoms with Crippen LogP contribution < -0.4 is 10.6 Å². The number of aromatic nitrogens is 1. The average molecular weight is 376 g/mol. The van der Waals surface area contributed by atoms with Crippen molar-refractivity contribution in [2.45, 2.75) is 25.5 Å². The molecule has 2 aromatic heterocycles. The molecule has 2 heterocycles. The summed E-state index contributed by atoms with van der Waals surface area (Å²) in [6, 6.07) is 10.6. The number of hydrogen-bond acceptors (Lipinski definition) is 4. The average Bonchev–Trinajstić information content (AvgIpc) is 3.10. The first kappa shape index (κ1) is 17.7. The minimum atomic E-state index is -0.585. The first-order chi connectivity index (χ1) is 12.0. The molecule has 0 aliphatic carbocycles. The zero-order valence-corrected chi connectivity index (χ0v) is 15.1. The van der Waals surface area contributed by atoms with E-state index >= 15 is 0 Å². The monoisotopic (exact) mass is 375 g/mol. The normalized spacial score (nSPS) is 13.4. The summed E-state index contributed by atoms with van der Waals surface area (Å²) in [5.41, 5.74) is 0.658. The van der Waals surface area contributed by atoms with Crippen molar-refractivity contribution in [3.8, 4) is 0 Å². The van der Waals surface area contributed by atoms with Crippen LogP contribution in [0.4, 0.5) is 10.5 Å². The fraction of sp³-hybridized carbons (Fsp3) is 0.222. The molecule has 0 saturated carbocycles. The van der Waals surface area contributed by atoms with E-state index in [1.807, 2.05) is 42.6 Å². The van der Waals surface area contributed by atoms with E-state index in [0.717, 1.165) is 15.6 Å². The number of aliphatic hydroxyl groups is 1. The Hall–Kier alpha value is -2.15. The number of aliphatic hydroxyl groups excluding tert-OH is 1. The lowest BCUT2D eigenvalue weighted by Crippen LogP contribution is -2.37. The maximum Gasteiger partial charge on any atom is 0.319 e. The van der Waals surface area contributed by atoms with Gasteiger partial charge >= 0.3 is 6.03 Å². The molecule has 25 heavy (non-hydrogen) atoms. The quantitative estimate of drug-likeness (QED) is 0.571. The third kappa shape index (κ3) is 4.28. The van der Waals surface area contributed by atoms with E-state index in [4.69, 9.17) is 11.6 Å². The van der Waals surface area contributed by atoms with Crippen LogP contribution >= 0.6 is 22.9 Å². The Morgan fingerprint density at radius 1 is 1.28 bits per heavy atom. The maximum atomic E-state index is 12.3. The number of rotatable bonds is 5. The van der Waals surface area contributed by atoms with Crippen LogP contribution in [0.3, 0.4) is 0 Å². The van der Waals surface area contributed by atoms with Crippen LogP contribution in [0.5, 0.6) is 0 Å². The number of anilines is 1. The Balaban J connectivity index is 1.64. The standard InChI is InChI=1S/C18H18ClN3O2S/c1-11(10-15(23)16-6-3-9-25-16)21-18(24)22-14-5-2-4-13-12(14)7-8-20-17(13)19/h2-9,11,15,23H,10H2,1H3,(H2,21,22,24). The Labute approximate surface area is 154 Å². The molecule has 3 rings (SSSR count). The van der Waals surface area contributed by atoms with Crippen LogP contribution in [0.15, 0.2) is 48.0 Å². The van der Waals surface area contributed by atoms with Crippen molar-refractivity contribution in [3.05, 3.63) is 58.0 Å². The predicted molar refractivity (Wildman–Crippen MR) is 102 cm³/mol. The number of fused-ring (bicyclic) bond motifs is 1. The topological polar surface area (TPSA) is 74.2 Å². The molecule has 2 unspecified atom stereocenters. The molecule has 2 atom stereocenters. The summed E-state index contributed by atoms with van der Waals surface area (Å²) in [6.45, 7) is 1.86. The van der Waals surface area contributed by atoms with E-state index in [1.54, 1.807) is 12.3 Å². The van der Waals surface area contributed by atoms with Crippen LogP contribution in [0, 0.1) is 0 Å². The van der Waals surface area contributed by atoms with Gasteiger partial charge in [0.15, 0.2) is 0 Å². The second-order valence-electron chi connectivity index (χ2n) is 5.77. The van der Waals surface area contributed by atoms with Gasteiger partial charge in [-0.15, -0.1) is 11.3 Å². The number of benzene rings is 1. The van der Waals surface area contributed by atoms with Crippen molar-refractivity contribution >= 4 is 45.4 Å². The minimum absolute atomic E-state index is 0.183. The van der Waals surface area contributed by atoms with Crippen molar-refractivity contribution in [2.24, 2.45) is 0 Å². The maximum absolute atomic E-state index is 12.3. The molecule has 1 aromatic carbocycles. The van der Waals surface area contributed by atoms with Crippen LogP contribution in [-0.2, 0) is 0 Å². The highest BCUT2D eigenvalue weighted by molar-refractivity contribution is 7.10. The van der Waals surface area contributed by atoms with E-state index in [2.05, 4.69) is 15.6 Å². The molecule has 130 valence electrons. The highest BCUT2D eigenvalue weighted by Gasteiger charge is 2.15. The van der Waals surface area contributed by atoms with Crippen LogP contribution in [0.25, 0.3) is 10.8 Å². The lowest BCUT2D eigenvalue weighted by atomic mass is 10.1. The van der Waals surface area contributed by atoms with E-state index in [9.17, 15) is 9.90 Å². The molecule has 0 fully saturated rings. The molecule has 0 bridgehead atoms. The number of urea groups is 1. The zero-order valence-electron chi connectivity index (χ0n) is 13.6. The SMILES string of the molecule is CC(CC(O)c1cccs1)NC(=O)Nc1cccc2c(Cl)nccc12. The molecular formula is C18H18ClN3O2S. The fourth-order valence-corrected chi connectivity index (χ4v) is 3.60. The highest BCUT2D eigenvalue weighted by Crippen LogP contribution is 2.27. The molecule has 3 N–H and O–H groups in total. The van der Waals surface area contributed by atoms with E-state index in [1.165, 1.54) is 11.3 Å². The van der Waals surface area contributed by atoms with E-state index < -0.39 is 6.10 Å². The van der Waals surface area contributed by atoms with Crippen molar-refractivity contribution in [1.29, 1.82) is 0 Å². The number of carbonyl (C=O) groups is 1. The zero-order chi connectivity index (χ0) is 17.8. The number of thiophene rings is 1. The van der Waals surface area contributed by atoms with E-state index in [-0.39, 0.29) is 12.1 Å². The number of hydrogen-bond donors (Lipinski definition) is 3. The molecular weight excluding hydrogens is 358 g/mol. The first-order valence-corrected chi connectivity index (χ1v) is 9.12. The number of amides is 2. The Morgan fingerprint density at radius 2 is 2.12 bits per heavy atom. The van der Waals surface area contributed by atoms with Gasteiger partial charge in [0.05, 0.1) is 11.8 Å². The van der Waals surface area contributed by atoms with Crippen molar-refractivity contribution in [1.82, 2.24) is 10.3 Å². The molecule has 0 aliphatic heterocycles. The summed E-state index contributed by atoms with van der Waals surface area (Å²) in [5.74, 6) is 0. The summed E-state index contributed by atoms with van der Waals surface area (Å²) in [7, 11) is 0. The number of halogens is 1. The summed E-state index contributed by atoms with van der Waals surface area (Å²) in [5, 5.41) is 19.8. The van der Waals surface area contributed by atoms with Gasteiger partial charge in [-0.2, -0.15) is 0 Å². The van der Waals surface area contributed by atoms with Gasteiger partial charge in [-0.1, -0.05) is 29.8 Å². The Kier molecular flexibility index (Phi) is 5.53. The predicted octanol–water partition coefficient (Wildman–Crippen LogP) is 4.58. The van der Waals surface area contributed by atoms with E-state index in [0.29, 0.717) is 17.3 Å². The molecule has 0 spiro atoms. The van der Waals surface area contributed by atoms with Crippen LogP contribution in [0.1, 0.15) is 24.3 Å². The molecule has 3 aromatic rings. The molecule has 2 amide bonds. The van der Waals surface area contributed by atoms with Crippen molar-refractivity contribution in [2.75, 3.05) is 5.32 Å². The summed E-state index contributed by atoms with van der Waals surface area (Å²) in [4.78, 5) is 17.2. The lowest BCUT2D eigenvalue weighted by molar-refractivity contribution is 0.158.